The summed E-state index contributed by atoms with van der Waals surface area (Å²) in [5.41, 5.74) is 2.70. The average Bonchev–Trinajstić information content (AvgIpc) is 3.09. The summed E-state index contributed by atoms with van der Waals surface area (Å²) in [7, 11) is 1.61. The van der Waals surface area contributed by atoms with E-state index in [1.165, 1.54) is 29.2 Å². The molecule has 0 bridgehead atoms. The molecular weight excluding hydrogens is 425 g/mol. The molecule has 3 aromatic rings. The van der Waals surface area contributed by atoms with Crippen LogP contribution in [0.25, 0.3) is 10.9 Å². The van der Waals surface area contributed by atoms with Crippen LogP contribution in [-0.2, 0) is 22.4 Å². The first kappa shape index (κ1) is 22.7. The average molecular weight is 444 g/mol. The zero-order valence-corrected chi connectivity index (χ0v) is 17.0. The minimum absolute atomic E-state index is 0.0856. The van der Waals surface area contributed by atoms with Crippen LogP contribution in [0.4, 0.5) is 13.2 Å². The Bertz CT molecular complexity index is 1190. The number of carbonyl (C=O) groups excluding carboxylic acids is 1. The molecule has 1 aromatic heterocycles. The third-order valence-corrected chi connectivity index (χ3v) is 4.59. The summed E-state index contributed by atoms with van der Waals surface area (Å²) in [4.78, 5) is 27.9. The summed E-state index contributed by atoms with van der Waals surface area (Å²) in [6.07, 6.45) is -3.04. The van der Waals surface area contributed by atoms with E-state index in [-0.39, 0.29) is 31.0 Å². The van der Waals surface area contributed by atoms with E-state index in [2.05, 4.69) is 21.6 Å². The fraction of sp³-hybridized carbons (Fsp3) is 0.217. The number of H-pyrrole nitrogens is 1. The van der Waals surface area contributed by atoms with Crippen LogP contribution in [0.15, 0.2) is 48.7 Å². The molecule has 2 aromatic carbocycles. The van der Waals surface area contributed by atoms with E-state index in [4.69, 9.17) is 5.11 Å². The lowest BCUT2D eigenvalue weighted by atomic mass is 10.1. The van der Waals surface area contributed by atoms with E-state index in [0.717, 1.165) is 16.5 Å². The van der Waals surface area contributed by atoms with Crippen molar-refractivity contribution in [3.05, 3.63) is 65.4 Å². The van der Waals surface area contributed by atoms with Gasteiger partial charge in [0.1, 0.15) is 5.75 Å². The van der Waals surface area contributed by atoms with Crippen molar-refractivity contribution < 1.29 is 32.6 Å². The monoisotopic (exact) mass is 444 g/mol. The Kier molecular flexibility index (Phi) is 6.73. The predicted molar refractivity (Wildman–Crippen MR) is 111 cm³/mol. The van der Waals surface area contributed by atoms with Gasteiger partial charge in [0.25, 0.3) is 0 Å². The minimum Gasteiger partial charge on any atom is -0.481 e. The van der Waals surface area contributed by atoms with Gasteiger partial charge in [0.15, 0.2) is 0 Å². The molecule has 9 heteroatoms. The summed E-state index contributed by atoms with van der Waals surface area (Å²) in [5.74, 6) is 4.20. The maximum atomic E-state index is 12.5. The molecule has 3 rings (SSSR count). The van der Waals surface area contributed by atoms with Crippen molar-refractivity contribution in [2.75, 3.05) is 13.6 Å². The van der Waals surface area contributed by atoms with Crippen LogP contribution >= 0.6 is 0 Å². The molecule has 32 heavy (non-hydrogen) atoms. The molecule has 1 amide bonds. The number of carbonyl (C=O) groups is 2. The molecule has 0 aliphatic rings. The third kappa shape index (κ3) is 6.28. The Hall–Kier alpha value is -3.93. The number of aliphatic carboxylic acids is 1. The fourth-order valence-corrected chi connectivity index (χ4v) is 3.05. The van der Waals surface area contributed by atoms with Gasteiger partial charge in [-0.15, -0.1) is 13.2 Å². The van der Waals surface area contributed by atoms with E-state index < -0.39 is 12.3 Å². The Morgan fingerprint density at radius 1 is 1.12 bits per heavy atom. The van der Waals surface area contributed by atoms with Crippen molar-refractivity contribution in [2.45, 2.75) is 19.2 Å². The van der Waals surface area contributed by atoms with Gasteiger partial charge in [0, 0.05) is 29.7 Å². The third-order valence-electron chi connectivity index (χ3n) is 4.59. The molecular formula is C23H19F3N2O4. The van der Waals surface area contributed by atoms with Gasteiger partial charge >= 0.3 is 12.3 Å². The first-order chi connectivity index (χ1) is 15.1. The number of nitrogens with zero attached hydrogens (tertiary/aromatic N) is 1. The van der Waals surface area contributed by atoms with Gasteiger partial charge in [-0.25, -0.2) is 0 Å². The number of aromatic nitrogens is 1. The number of benzene rings is 2. The van der Waals surface area contributed by atoms with Crippen LogP contribution in [-0.4, -0.2) is 46.8 Å². The number of fused-ring (bicyclic) bond motifs is 1. The fourth-order valence-electron chi connectivity index (χ4n) is 3.05. The number of rotatable bonds is 6. The van der Waals surface area contributed by atoms with Gasteiger partial charge in [-0.3, -0.25) is 9.59 Å². The second kappa shape index (κ2) is 9.47. The highest BCUT2D eigenvalue weighted by Gasteiger charge is 2.30. The van der Waals surface area contributed by atoms with Gasteiger partial charge < -0.3 is 19.7 Å². The van der Waals surface area contributed by atoms with Crippen LogP contribution in [0.3, 0.4) is 0 Å². The van der Waals surface area contributed by atoms with Crippen molar-refractivity contribution in [1.82, 2.24) is 9.88 Å². The van der Waals surface area contributed by atoms with Gasteiger partial charge in [-0.2, -0.15) is 0 Å². The Labute approximate surface area is 181 Å². The highest BCUT2D eigenvalue weighted by molar-refractivity contribution is 5.88. The number of halogens is 3. The summed E-state index contributed by atoms with van der Waals surface area (Å²) < 4.78 is 40.3. The number of hydrogen-bond donors (Lipinski definition) is 2. The largest absolute Gasteiger partial charge is 0.573 e. The molecule has 6 nitrogen and oxygen atoms in total. The van der Waals surface area contributed by atoms with E-state index in [1.54, 1.807) is 25.4 Å². The maximum Gasteiger partial charge on any atom is 0.573 e. The SMILES string of the molecule is CN(CC#Cc1ccc(OC(F)(F)F)cc1)C(=O)Cc1ccc2c(CC(=O)O)c[nH]c2c1. The number of nitrogens with one attached hydrogen (secondary N) is 1. The molecule has 0 radical (unpaired) electrons. The van der Waals surface area contributed by atoms with Crippen molar-refractivity contribution in [1.29, 1.82) is 0 Å². The minimum atomic E-state index is -4.75. The summed E-state index contributed by atoms with van der Waals surface area (Å²) >= 11 is 0. The van der Waals surface area contributed by atoms with Crippen molar-refractivity contribution in [3.63, 3.8) is 0 Å². The first-order valence-corrected chi connectivity index (χ1v) is 9.50. The number of alkyl halides is 3. The number of aromatic amines is 1. The van der Waals surface area contributed by atoms with E-state index in [9.17, 15) is 22.8 Å². The molecule has 0 saturated heterocycles. The van der Waals surface area contributed by atoms with E-state index in [0.29, 0.717) is 11.1 Å². The Morgan fingerprint density at radius 3 is 2.50 bits per heavy atom. The standard InChI is InChI=1S/C23H19F3N2O4/c1-28(10-2-3-15-4-7-18(8-5-15)32-23(24,25)26)21(29)12-16-6-9-19-17(13-22(30)31)14-27-20(19)11-16/h4-9,11,14,27H,10,12-13H2,1H3,(H,30,31). The number of hydrogen-bond acceptors (Lipinski definition) is 3. The number of likely N-dealkylation sites (N-methyl/N-ethyl adjacent to an activating group) is 1. The molecule has 0 aliphatic heterocycles. The number of carboxylic acid groups (broad SMARTS) is 1. The molecule has 0 fully saturated rings. The summed E-state index contributed by atoms with van der Waals surface area (Å²) in [6, 6.07) is 10.5. The smallest absolute Gasteiger partial charge is 0.481 e. The van der Waals surface area contributed by atoms with Gasteiger partial charge in [0.05, 0.1) is 19.4 Å². The highest BCUT2D eigenvalue weighted by Crippen LogP contribution is 2.23. The number of carboxylic acids is 1. The van der Waals surface area contributed by atoms with Gasteiger partial charge in [-0.1, -0.05) is 24.0 Å². The predicted octanol–water partition coefficient (Wildman–Crippen LogP) is 3.75. The lowest BCUT2D eigenvalue weighted by molar-refractivity contribution is -0.274. The summed E-state index contributed by atoms with van der Waals surface area (Å²) in [5, 5.41) is 9.75. The first-order valence-electron chi connectivity index (χ1n) is 9.50. The molecule has 0 unspecified atom stereocenters. The highest BCUT2D eigenvalue weighted by atomic mass is 19.4. The lowest BCUT2D eigenvalue weighted by Crippen LogP contribution is -2.28. The molecule has 166 valence electrons. The zero-order chi connectivity index (χ0) is 23.3. The number of ether oxygens (including phenoxy) is 1. The van der Waals surface area contributed by atoms with Crippen LogP contribution in [0.2, 0.25) is 0 Å². The second-order valence-electron chi connectivity index (χ2n) is 7.06. The van der Waals surface area contributed by atoms with Gasteiger partial charge in [0.2, 0.25) is 5.91 Å². The second-order valence-corrected chi connectivity index (χ2v) is 7.06. The van der Waals surface area contributed by atoms with Crippen molar-refractivity contribution in [3.8, 4) is 17.6 Å². The maximum absolute atomic E-state index is 12.5. The number of amides is 1. The molecule has 2 N–H and O–H groups in total. The normalized spacial score (nSPS) is 11.0. The van der Waals surface area contributed by atoms with Crippen LogP contribution in [0, 0.1) is 11.8 Å². The van der Waals surface area contributed by atoms with Crippen LogP contribution < -0.4 is 4.74 Å². The molecule has 0 aliphatic carbocycles. The quantitative estimate of drug-likeness (QED) is 0.568. The Balaban J connectivity index is 1.57. The molecule has 0 spiro atoms. The summed E-state index contributed by atoms with van der Waals surface area (Å²) in [6.45, 7) is 0.146. The Morgan fingerprint density at radius 2 is 1.84 bits per heavy atom. The van der Waals surface area contributed by atoms with Crippen LogP contribution in [0.5, 0.6) is 5.75 Å². The van der Waals surface area contributed by atoms with Crippen LogP contribution in [0.1, 0.15) is 16.7 Å². The van der Waals surface area contributed by atoms with Crippen molar-refractivity contribution >= 4 is 22.8 Å². The zero-order valence-electron chi connectivity index (χ0n) is 17.0. The van der Waals surface area contributed by atoms with Crippen molar-refractivity contribution in [2.24, 2.45) is 0 Å². The van der Waals surface area contributed by atoms with E-state index in [1.807, 2.05) is 6.07 Å². The lowest BCUT2D eigenvalue weighted by Gasteiger charge is -2.14. The molecule has 0 atom stereocenters. The molecule has 1 heterocycles. The van der Waals surface area contributed by atoms with E-state index >= 15 is 0 Å². The molecule has 0 saturated carbocycles. The van der Waals surface area contributed by atoms with Gasteiger partial charge in [-0.05, 0) is 41.5 Å². The topological polar surface area (TPSA) is 82.6 Å².